The second-order valence-corrected chi connectivity index (χ2v) is 8.99. The van der Waals surface area contributed by atoms with Crippen LogP contribution in [0.2, 0.25) is 0 Å². The second-order valence-electron chi connectivity index (χ2n) is 8.99. The van der Waals surface area contributed by atoms with Gasteiger partial charge in [-0.05, 0) is 53.1 Å². The zero-order valence-corrected chi connectivity index (χ0v) is 20.4. The molecule has 3 heterocycles. The molecule has 37 heavy (non-hydrogen) atoms. The van der Waals surface area contributed by atoms with E-state index in [9.17, 15) is 9.59 Å². The Morgan fingerprint density at radius 2 is 1.73 bits per heavy atom. The van der Waals surface area contributed by atoms with Crippen LogP contribution in [-0.2, 0) is 22.5 Å². The van der Waals surface area contributed by atoms with Gasteiger partial charge >= 0.3 is 12.1 Å². The fraction of sp³-hybridized carbons (Fsp3) is 0.207. The first-order valence-corrected chi connectivity index (χ1v) is 11.9. The molecule has 1 saturated heterocycles. The molecule has 0 saturated carbocycles. The first-order chi connectivity index (χ1) is 18.1. The molecule has 0 aliphatic carbocycles. The van der Waals surface area contributed by atoms with E-state index in [4.69, 9.17) is 18.9 Å². The summed E-state index contributed by atoms with van der Waals surface area (Å²) in [5.41, 5.74) is 3.86. The number of pyridine rings is 1. The van der Waals surface area contributed by atoms with E-state index in [0.29, 0.717) is 41.5 Å². The predicted molar refractivity (Wildman–Crippen MR) is 137 cm³/mol. The lowest BCUT2D eigenvalue weighted by Crippen LogP contribution is -2.35. The molecule has 2 aliphatic heterocycles. The Morgan fingerprint density at radius 3 is 2.46 bits per heavy atom. The molecule has 0 bridgehead atoms. The monoisotopic (exact) mass is 496 g/mol. The number of aromatic nitrogens is 1. The maximum atomic E-state index is 12.7. The molecule has 4 aromatic rings. The Hall–Kier alpha value is -4.59. The van der Waals surface area contributed by atoms with Gasteiger partial charge < -0.3 is 18.9 Å². The number of hydrogen-bond donors (Lipinski definition) is 0. The number of esters is 1. The van der Waals surface area contributed by atoms with E-state index in [1.807, 2.05) is 54.6 Å². The summed E-state index contributed by atoms with van der Waals surface area (Å²) in [6.07, 6.45) is 1.91. The molecular weight excluding hydrogens is 472 g/mol. The highest BCUT2D eigenvalue weighted by molar-refractivity contribution is 6.11. The second kappa shape index (κ2) is 9.13. The van der Waals surface area contributed by atoms with Crippen LogP contribution in [0.5, 0.6) is 11.5 Å². The van der Waals surface area contributed by atoms with Crippen LogP contribution in [0.4, 0.5) is 10.6 Å². The van der Waals surface area contributed by atoms with Crippen molar-refractivity contribution < 1.29 is 28.5 Å². The van der Waals surface area contributed by atoms with Gasteiger partial charge in [0.2, 0.25) is 0 Å². The molecule has 186 valence electrons. The molecule has 8 nitrogen and oxygen atoms in total. The lowest BCUT2D eigenvalue weighted by Gasteiger charge is -2.21. The molecular formula is C29H24N2O6. The number of benzene rings is 3. The van der Waals surface area contributed by atoms with Gasteiger partial charge in [0.05, 0.1) is 25.8 Å². The molecule has 0 N–H and O–H groups in total. The van der Waals surface area contributed by atoms with Gasteiger partial charge in [0, 0.05) is 22.9 Å². The van der Waals surface area contributed by atoms with Gasteiger partial charge in [-0.25, -0.2) is 14.6 Å². The lowest BCUT2D eigenvalue weighted by molar-refractivity contribution is 0.0535. The SMILES string of the molecule is COc1cc2cc3c(c(-c4ccc(N5C(=O)OC[C@@H]5Cc5ccccc5)nc4)c2cc1OC)C(=O)OC3. The molecule has 1 fully saturated rings. The molecule has 8 heteroatoms. The number of carbonyl (C=O) groups is 2. The minimum Gasteiger partial charge on any atom is -0.493 e. The van der Waals surface area contributed by atoms with E-state index in [2.05, 4.69) is 4.98 Å². The first kappa shape index (κ1) is 22.8. The van der Waals surface area contributed by atoms with Gasteiger partial charge in [0.15, 0.2) is 11.5 Å². The lowest BCUT2D eigenvalue weighted by atomic mass is 9.91. The Bertz CT molecular complexity index is 1520. The van der Waals surface area contributed by atoms with Gasteiger partial charge in [-0.15, -0.1) is 0 Å². The summed E-state index contributed by atoms with van der Waals surface area (Å²) in [5.74, 6) is 1.26. The molecule has 2 aliphatic rings. The Balaban J connectivity index is 1.42. The molecule has 6 rings (SSSR count). The number of fused-ring (bicyclic) bond motifs is 2. The minimum atomic E-state index is -0.423. The molecule has 1 aromatic heterocycles. The maximum Gasteiger partial charge on any atom is 0.415 e. The molecule has 0 radical (unpaired) electrons. The van der Waals surface area contributed by atoms with Crippen molar-refractivity contribution in [2.24, 2.45) is 0 Å². The average Bonchev–Trinajstić information content (AvgIpc) is 3.48. The largest absolute Gasteiger partial charge is 0.493 e. The summed E-state index contributed by atoms with van der Waals surface area (Å²) in [6.45, 7) is 0.499. The van der Waals surface area contributed by atoms with Crippen LogP contribution < -0.4 is 14.4 Å². The molecule has 1 amide bonds. The van der Waals surface area contributed by atoms with Crippen LogP contribution in [-0.4, -0.2) is 43.9 Å². The summed E-state index contributed by atoms with van der Waals surface area (Å²) in [5, 5.41) is 1.70. The topological polar surface area (TPSA) is 87.2 Å². The fourth-order valence-corrected chi connectivity index (χ4v) is 5.10. The van der Waals surface area contributed by atoms with Gasteiger partial charge in [0.1, 0.15) is 19.0 Å². The molecule has 0 spiro atoms. The van der Waals surface area contributed by atoms with E-state index >= 15 is 0 Å². The highest BCUT2D eigenvalue weighted by Crippen LogP contribution is 2.42. The average molecular weight is 497 g/mol. The van der Waals surface area contributed by atoms with Crippen molar-refractivity contribution in [3.63, 3.8) is 0 Å². The number of hydrogen-bond acceptors (Lipinski definition) is 7. The van der Waals surface area contributed by atoms with E-state index in [0.717, 1.165) is 27.5 Å². The predicted octanol–water partition coefficient (Wildman–Crippen LogP) is 5.16. The third kappa shape index (κ3) is 3.91. The van der Waals surface area contributed by atoms with Gasteiger partial charge in [-0.2, -0.15) is 0 Å². The zero-order valence-electron chi connectivity index (χ0n) is 20.4. The quantitative estimate of drug-likeness (QED) is 0.341. The number of methoxy groups -OCH3 is 2. The zero-order chi connectivity index (χ0) is 25.5. The Labute approximate surface area is 213 Å². The van der Waals surface area contributed by atoms with Gasteiger partial charge in [-0.1, -0.05) is 30.3 Å². The van der Waals surface area contributed by atoms with E-state index in [1.165, 1.54) is 0 Å². The van der Waals surface area contributed by atoms with Crippen molar-refractivity contribution in [1.29, 1.82) is 0 Å². The number of amides is 1. The summed E-state index contributed by atoms with van der Waals surface area (Å²) < 4.78 is 21.7. The minimum absolute atomic E-state index is 0.165. The van der Waals surface area contributed by atoms with Crippen molar-refractivity contribution in [1.82, 2.24) is 4.98 Å². The highest BCUT2D eigenvalue weighted by atomic mass is 16.6. The summed E-state index contributed by atoms with van der Waals surface area (Å²) in [7, 11) is 3.16. The fourth-order valence-electron chi connectivity index (χ4n) is 5.10. The van der Waals surface area contributed by atoms with Crippen LogP contribution in [0.1, 0.15) is 21.5 Å². The van der Waals surface area contributed by atoms with Crippen LogP contribution in [0, 0.1) is 0 Å². The Morgan fingerprint density at radius 1 is 0.946 bits per heavy atom. The third-order valence-electron chi connectivity index (χ3n) is 6.85. The number of ether oxygens (including phenoxy) is 4. The number of carbonyl (C=O) groups excluding carboxylic acids is 2. The number of cyclic esters (lactones) is 2. The van der Waals surface area contributed by atoms with E-state index in [1.54, 1.807) is 31.4 Å². The highest BCUT2D eigenvalue weighted by Gasteiger charge is 2.35. The van der Waals surface area contributed by atoms with Crippen LogP contribution in [0.15, 0.2) is 66.9 Å². The standard InChI is InChI=1S/C29H24N2O6/c1-34-23-12-19-11-20-15-36-28(32)27(20)26(22(19)13-24(23)35-2)18-8-9-25(30-14-18)31-21(16-37-29(31)33)10-17-6-4-3-5-7-17/h3-9,11-14,21H,10,15-16H2,1-2H3/t21-/m0/s1. The van der Waals surface area contributed by atoms with Crippen LogP contribution >= 0.6 is 0 Å². The summed E-state index contributed by atoms with van der Waals surface area (Å²) in [4.78, 5) is 31.6. The van der Waals surface area contributed by atoms with Crippen LogP contribution in [0.25, 0.3) is 21.9 Å². The van der Waals surface area contributed by atoms with Crippen molar-refractivity contribution in [2.75, 3.05) is 25.7 Å². The molecule has 1 atom stereocenters. The van der Waals surface area contributed by atoms with Crippen molar-refractivity contribution in [2.45, 2.75) is 19.1 Å². The number of nitrogens with zero attached hydrogens (tertiary/aromatic N) is 2. The van der Waals surface area contributed by atoms with Gasteiger partial charge in [-0.3, -0.25) is 4.90 Å². The van der Waals surface area contributed by atoms with Crippen molar-refractivity contribution >= 4 is 28.7 Å². The summed E-state index contributed by atoms with van der Waals surface area (Å²) in [6, 6.07) is 19.1. The first-order valence-electron chi connectivity index (χ1n) is 11.9. The van der Waals surface area contributed by atoms with Crippen molar-refractivity contribution in [3.05, 3.63) is 83.6 Å². The molecule has 3 aromatic carbocycles. The molecule has 0 unspecified atom stereocenters. The summed E-state index contributed by atoms with van der Waals surface area (Å²) >= 11 is 0. The van der Waals surface area contributed by atoms with E-state index in [-0.39, 0.29) is 18.6 Å². The van der Waals surface area contributed by atoms with Crippen LogP contribution in [0.3, 0.4) is 0 Å². The maximum absolute atomic E-state index is 12.7. The third-order valence-corrected chi connectivity index (χ3v) is 6.85. The van der Waals surface area contributed by atoms with Crippen molar-refractivity contribution in [3.8, 4) is 22.6 Å². The van der Waals surface area contributed by atoms with Gasteiger partial charge in [0.25, 0.3) is 0 Å². The van der Waals surface area contributed by atoms with E-state index < -0.39 is 6.09 Å². The smallest absolute Gasteiger partial charge is 0.415 e. The number of rotatable bonds is 6. The Kier molecular flexibility index (Phi) is 5.64. The normalized spacial score (nSPS) is 16.5. The number of anilines is 1.